The van der Waals surface area contributed by atoms with E-state index in [1.54, 1.807) is 0 Å². The monoisotopic (exact) mass is 288 g/mol. The number of aromatic nitrogens is 2. The quantitative estimate of drug-likeness (QED) is 0.927. The molecule has 0 amide bonds. The third-order valence-electron chi connectivity index (χ3n) is 5.16. The van der Waals surface area contributed by atoms with E-state index in [9.17, 15) is 0 Å². The standard InChI is InChI=1S/C17H28N4/c1-5-13-11-18-12(2)19-16(13)20-14-9-15-7-6-8-21(15)17(3,4)10-14/h11,14-15H,5-10H2,1-4H3,(H,18,19,20). The summed E-state index contributed by atoms with van der Waals surface area (Å²) < 4.78 is 0. The Morgan fingerprint density at radius 3 is 3.00 bits per heavy atom. The van der Waals surface area contributed by atoms with Gasteiger partial charge in [0.25, 0.3) is 0 Å². The number of hydrogen-bond donors (Lipinski definition) is 1. The van der Waals surface area contributed by atoms with Gasteiger partial charge in [0.1, 0.15) is 11.6 Å². The SMILES string of the molecule is CCc1cnc(C)nc1NC1CC2CCCN2C(C)(C)C1. The highest BCUT2D eigenvalue weighted by molar-refractivity contribution is 5.44. The van der Waals surface area contributed by atoms with Crippen LogP contribution in [0.3, 0.4) is 0 Å². The molecular formula is C17H28N4. The van der Waals surface area contributed by atoms with Crippen LogP contribution in [0.15, 0.2) is 6.20 Å². The minimum Gasteiger partial charge on any atom is -0.367 e. The van der Waals surface area contributed by atoms with Crippen molar-refractivity contribution in [1.29, 1.82) is 0 Å². The third kappa shape index (κ3) is 2.91. The molecule has 0 bridgehead atoms. The lowest BCUT2D eigenvalue weighted by Crippen LogP contribution is -2.55. The first-order chi connectivity index (χ1) is 9.99. The largest absolute Gasteiger partial charge is 0.367 e. The lowest BCUT2D eigenvalue weighted by atomic mass is 9.84. The van der Waals surface area contributed by atoms with Crippen molar-refractivity contribution < 1.29 is 0 Å². The molecule has 1 aromatic heterocycles. The van der Waals surface area contributed by atoms with Crippen LogP contribution in [0.2, 0.25) is 0 Å². The second-order valence-electron chi connectivity index (χ2n) is 7.23. The molecule has 3 rings (SSSR count). The van der Waals surface area contributed by atoms with Gasteiger partial charge in [0.05, 0.1) is 0 Å². The van der Waals surface area contributed by atoms with Gasteiger partial charge in [0.2, 0.25) is 0 Å². The maximum Gasteiger partial charge on any atom is 0.133 e. The Labute approximate surface area is 128 Å². The average Bonchev–Trinajstić information content (AvgIpc) is 2.87. The fourth-order valence-corrected chi connectivity index (χ4v) is 4.19. The molecule has 2 aliphatic rings. The summed E-state index contributed by atoms with van der Waals surface area (Å²) in [7, 11) is 0. The second kappa shape index (κ2) is 5.56. The Kier molecular flexibility index (Phi) is 3.91. The zero-order valence-corrected chi connectivity index (χ0v) is 13.8. The zero-order valence-electron chi connectivity index (χ0n) is 13.8. The first-order valence-electron chi connectivity index (χ1n) is 8.35. The minimum absolute atomic E-state index is 0.297. The summed E-state index contributed by atoms with van der Waals surface area (Å²) in [5, 5.41) is 3.73. The molecule has 21 heavy (non-hydrogen) atoms. The van der Waals surface area contributed by atoms with E-state index < -0.39 is 0 Å². The molecule has 1 N–H and O–H groups in total. The predicted molar refractivity (Wildman–Crippen MR) is 86.6 cm³/mol. The Hall–Kier alpha value is -1.16. The Morgan fingerprint density at radius 1 is 1.43 bits per heavy atom. The van der Waals surface area contributed by atoms with Crippen LogP contribution in [-0.4, -0.2) is 39.0 Å². The smallest absolute Gasteiger partial charge is 0.133 e. The fraction of sp³-hybridized carbons (Fsp3) is 0.765. The number of hydrogen-bond acceptors (Lipinski definition) is 4. The predicted octanol–water partition coefficient (Wildman–Crippen LogP) is 3.16. The third-order valence-corrected chi connectivity index (χ3v) is 5.16. The van der Waals surface area contributed by atoms with Crippen LogP contribution in [0, 0.1) is 6.92 Å². The van der Waals surface area contributed by atoms with Crippen molar-refractivity contribution in [3.8, 4) is 0 Å². The van der Waals surface area contributed by atoms with Gasteiger partial charge in [-0.05, 0) is 59.4 Å². The highest BCUT2D eigenvalue weighted by Gasteiger charge is 2.42. The highest BCUT2D eigenvalue weighted by Crippen LogP contribution is 2.38. The van der Waals surface area contributed by atoms with Gasteiger partial charge < -0.3 is 5.32 Å². The van der Waals surface area contributed by atoms with Gasteiger partial charge in [-0.1, -0.05) is 6.92 Å². The molecule has 2 fully saturated rings. The van der Waals surface area contributed by atoms with Gasteiger partial charge in [0, 0.05) is 29.4 Å². The molecule has 2 atom stereocenters. The second-order valence-corrected chi connectivity index (χ2v) is 7.23. The van der Waals surface area contributed by atoms with Crippen molar-refractivity contribution in [2.24, 2.45) is 0 Å². The van der Waals surface area contributed by atoms with Crippen LogP contribution in [0.25, 0.3) is 0 Å². The molecular weight excluding hydrogens is 260 g/mol. The van der Waals surface area contributed by atoms with E-state index in [4.69, 9.17) is 0 Å². The van der Waals surface area contributed by atoms with Gasteiger partial charge in [0.15, 0.2) is 0 Å². The van der Waals surface area contributed by atoms with Crippen molar-refractivity contribution in [1.82, 2.24) is 14.9 Å². The van der Waals surface area contributed by atoms with Crippen LogP contribution in [0.5, 0.6) is 0 Å². The molecule has 1 aromatic rings. The van der Waals surface area contributed by atoms with Crippen molar-refractivity contribution in [2.75, 3.05) is 11.9 Å². The van der Waals surface area contributed by atoms with E-state index in [1.165, 1.54) is 37.8 Å². The van der Waals surface area contributed by atoms with E-state index >= 15 is 0 Å². The van der Waals surface area contributed by atoms with Crippen LogP contribution in [0.1, 0.15) is 57.8 Å². The lowest BCUT2D eigenvalue weighted by molar-refractivity contribution is 0.0501. The summed E-state index contributed by atoms with van der Waals surface area (Å²) in [4.78, 5) is 11.7. The molecule has 4 nitrogen and oxygen atoms in total. The topological polar surface area (TPSA) is 41.1 Å². The van der Waals surface area contributed by atoms with Gasteiger partial charge >= 0.3 is 0 Å². The van der Waals surface area contributed by atoms with E-state index in [0.717, 1.165) is 24.1 Å². The Bertz CT molecular complexity index is 512. The Morgan fingerprint density at radius 2 is 2.24 bits per heavy atom. The maximum atomic E-state index is 4.64. The van der Waals surface area contributed by atoms with Gasteiger partial charge in [-0.25, -0.2) is 9.97 Å². The van der Waals surface area contributed by atoms with Crippen LogP contribution >= 0.6 is 0 Å². The molecule has 0 saturated carbocycles. The summed E-state index contributed by atoms with van der Waals surface area (Å²) >= 11 is 0. The number of aryl methyl sites for hydroxylation is 2. The zero-order chi connectivity index (χ0) is 15.0. The minimum atomic E-state index is 0.297. The molecule has 2 saturated heterocycles. The van der Waals surface area contributed by atoms with Gasteiger partial charge in [-0.2, -0.15) is 0 Å². The van der Waals surface area contributed by atoms with Crippen LogP contribution < -0.4 is 5.32 Å². The highest BCUT2D eigenvalue weighted by atomic mass is 15.3. The van der Waals surface area contributed by atoms with Crippen LogP contribution in [-0.2, 0) is 6.42 Å². The average molecular weight is 288 g/mol. The van der Waals surface area contributed by atoms with Crippen molar-refractivity contribution >= 4 is 5.82 Å². The summed E-state index contributed by atoms with van der Waals surface area (Å²) in [5.41, 5.74) is 1.53. The number of nitrogens with one attached hydrogen (secondary N) is 1. The van der Waals surface area contributed by atoms with E-state index in [1.807, 2.05) is 13.1 Å². The molecule has 0 aromatic carbocycles. The molecule has 3 heterocycles. The number of fused-ring (bicyclic) bond motifs is 1. The molecule has 116 valence electrons. The molecule has 0 aliphatic carbocycles. The van der Waals surface area contributed by atoms with Crippen molar-refractivity contribution in [3.05, 3.63) is 17.6 Å². The first-order valence-corrected chi connectivity index (χ1v) is 8.35. The molecule has 4 heteroatoms. The van der Waals surface area contributed by atoms with E-state index in [2.05, 4.69) is 41.0 Å². The molecule has 2 aliphatic heterocycles. The summed E-state index contributed by atoms with van der Waals surface area (Å²) in [6.07, 6.45) is 8.10. The number of piperidine rings is 1. The van der Waals surface area contributed by atoms with Crippen molar-refractivity contribution in [2.45, 2.75) is 77.4 Å². The van der Waals surface area contributed by atoms with Crippen LogP contribution in [0.4, 0.5) is 5.82 Å². The maximum absolute atomic E-state index is 4.64. The Balaban J connectivity index is 1.78. The van der Waals surface area contributed by atoms with Gasteiger partial charge in [-0.15, -0.1) is 0 Å². The first kappa shape index (κ1) is 14.8. The number of anilines is 1. The summed E-state index contributed by atoms with van der Waals surface area (Å²) in [6, 6.07) is 1.28. The molecule has 2 unspecified atom stereocenters. The van der Waals surface area contributed by atoms with Gasteiger partial charge in [-0.3, -0.25) is 4.90 Å². The normalized spacial score (nSPS) is 28.4. The number of nitrogens with zero attached hydrogens (tertiary/aromatic N) is 3. The summed E-state index contributed by atoms with van der Waals surface area (Å²) in [6.45, 7) is 10.2. The summed E-state index contributed by atoms with van der Waals surface area (Å²) in [5.74, 6) is 1.91. The van der Waals surface area contributed by atoms with E-state index in [-0.39, 0.29) is 0 Å². The lowest BCUT2D eigenvalue weighted by Gasteiger charge is -2.48. The van der Waals surface area contributed by atoms with Crippen molar-refractivity contribution in [3.63, 3.8) is 0 Å². The van der Waals surface area contributed by atoms with E-state index in [0.29, 0.717) is 11.6 Å². The molecule has 0 radical (unpaired) electrons. The molecule has 0 spiro atoms. The number of rotatable bonds is 3. The fourth-order valence-electron chi connectivity index (χ4n) is 4.19.